The summed E-state index contributed by atoms with van der Waals surface area (Å²) < 4.78 is 7.89. The molecule has 2 amide bonds. The number of hydrogen-bond donors (Lipinski definition) is 2. The lowest BCUT2D eigenvalue weighted by atomic mass is 10.1. The van der Waals surface area contributed by atoms with Gasteiger partial charge in [0, 0.05) is 21.3 Å². The highest BCUT2D eigenvalue weighted by atomic mass is 79.9. The molecule has 0 aliphatic carbocycles. The van der Waals surface area contributed by atoms with E-state index in [2.05, 4.69) is 31.7 Å². The van der Waals surface area contributed by atoms with Gasteiger partial charge in [-0.05, 0) is 30.3 Å². The summed E-state index contributed by atoms with van der Waals surface area (Å²) in [7, 11) is 1.59. The number of benzene rings is 2. The molecule has 7 nitrogen and oxygen atoms in total. The van der Waals surface area contributed by atoms with E-state index in [1.165, 1.54) is 0 Å². The SMILES string of the molecule is COc1ccccc1-c1cnn2c1NC(=O)C[C@H]2C(=O)Nc1ccc(Br)cc1. The third-order valence-corrected chi connectivity index (χ3v) is 5.07. The molecule has 0 saturated heterocycles. The molecular formula is C20H17BrN4O3. The van der Waals surface area contributed by atoms with E-state index < -0.39 is 6.04 Å². The van der Waals surface area contributed by atoms with E-state index in [-0.39, 0.29) is 18.2 Å². The molecule has 8 heteroatoms. The fraction of sp³-hybridized carbons (Fsp3) is 0.150. The number of halogens is 1. The molecule has 1 aromatic heterocycles. The first kappa shape index (κ1) is 18.2. The number of nitrogens with zero attached hydrogens (tertiary/aromatic N) is 2. The Bertz CT molecular complexity index is 1050. The molecule has 2 N–H and O–H groups in total. The van der Waals surface area contributed by atoms with Crippen molar-refractivity contribution in [2.24, 2.45) is 0 Å². The van der Waals surface area contributed by atoms with Crippen LogP contribution in [0, 0.1) is 0 Å². The average Bonchev–Trinajstić information content (AvgIpc) is 3.12. The van der Waals surface area contributed by atoms with E-state index in [1.807, 2.05) is 36.4 Å². The number of anilines is 2. The van der Waals surface area contributed by atoms with Gasteiger partial charge in [0.1, 0.15) is 17.6 Å². The number of ether oxygens (including phenoxy) is 1. The molecule has 2 aromatic carbocycles. The number of amides is 2. The Morgan fingerprint density at radius 1 is 1.21 bits per heavy atom. The average molecular weight is 441 g/mol. The largest absolute Gasteiger partial charge is 0.496 e. The van der Waals surface area contributed by atoms with Crippen LogP contribution in [0.3, 0.4) is 0 Å². The predicted octanol–water partition coefficient (Wildman–Crippen LogP) is 3.84. The molecule has 142 valence electrons. The number of rotatable bonds is 4. The van der Waals surface area contributed by atoms with E-state index in [9.17, 15) is 9.59 Å². The molecular weight excluding hydrogens is 424 g/mol. The first-order valence-corrected chi connectivity index (χ1v) is 9.43. The fourth-order valence-electron chi connectivity index (χ4n) is 3.20. The minimum Gasteiger partial charge on any atom is -0.496 e. The Morgan fingerprint density at radius 2 is 1.96 bits per heavy atom. The number of para-hydroxylation sites is 1. The van der Waals surface area contributed by atoms with Gasteiger partial charge in [-0.1, -0.05) is 34.1 Å². The molecule has 28 heavy (non-hydrogen) atoms. The maximum absolute atomic E-state index is 12.8. The quantitative estimate of drug-likeness (QED) is 0.645. The number of aromatic nitrogens is 2. The Hall–Kier alpha value is -3.13. The smallest absolute Gasteiger partial charge is 0.249 e. The highest BCUT2D eigenvalue weighted by molar-refractivity contribution is 9.10. The molecule has 0 bridgehead atoms. The van der Waals surface area contributed by atoms with E-state index in [0.717, 1.165) is 10.0 Å². The molecule has 1 aliphatic rings. The number of carbonyl (C=O) groups is 2. The summed E-state index contributed by atoms with van der Waals surface area (Å²) in [4.78, 5) is 25.1. The summed E-state index contributed by atoms with van der Waals surface area (Å²) in [6.45, 7) is 0. The minimum absolute atomic E-state index is 0.0163. The summed E-state index contributed by atoms with van der Waals surface area (Å²) in [5, 5.41) is 10.1. The summed E-state index contributed by atoms with van der Waals surface area (Å²) in [6, 6.07) is 14.0. The highest BCUT2D eigenvalue weighted by Crippen LogP contribution is 2.38. The van der Waals surface area contributed by atoms with Crippen molar-refractivity contribution in [1.82, 2.24) is 9.78 Å². The molecule has 0 fully saturated rings. The number of fused-ring (bicyclic) bond motifs is 1. The van der Waals surface area contributed by atoms with Gasteiger partial charge in [0.15, 0.2) is 0 Å². The predicted molar refractivity (Wildman–Crippen MR) is 109 cm³/mol. The Kier molecular flexibility index (Phi) is 4.87. The second kappa shape index (κ2) is 7.47. The van der Waals surface area contributed by atoms with Crippen LogP contribution in [0.1, 0.15) is 12.5 Å². The van der Waals surface area contributed by atoms with Gasteiger partial charge in [-0.3, -0.25) is 9.59 Å². The Balaban J connectivity index is 1.68. The lowest BCUT2D eigenvalue weighted by molar-refractivity contribution is -0.125. The fourth-order valence-corrected chi connectivity index (χ4v) is 3.46. The van der Waals surface area contributed by atoms with Crippen molar-refractivity contribution < 1.29 is 14.3 Å². The van der Waals surface area contributed by atoms with E-state index in [4.69, 9.17) is 4.74 Å². The van der Waals surface area contributed by atoms with Gasteiger partial charge in [0.2, 0.25) is 11.8 Å². The molecule has 1 atom stereocenters. The minimum atomic E-state index is -0.740. The zero-order valence-corrected chi connectivity index (χ0v) is 16.6. The van der Waals surface area contributed by atoms with Crippen molar-refractivity contribution >= 4 is 39.2 Å². The van der Waals surface area contributed by atoms with Crippen molar-refractivity contribution in [3.8, 4) is 16.9 Å². The third-order valence-electron chi connectivity index (χ3n) is 4.54. The Morgan fingerprint density at radius 3 is 2.71 bits per heavy atom. The maximum atomic E-state index is 12.8. The van der Waals surface area contributed by atoms with Crippen molar-refractivity contribution in [3.63, 3.8) is 0 Å². The number of nitrogens with one attached hydrogen (secondary N) is 2. The van der Waals surface area contributed by atoms with Crippen LogP contribution < -0.4 is 15.4 Å². The summed E-state index contributed by atoms with van der Waals surface area (Å²) in [5.41, 5.74) is 2.14. The van der Waals surface area contributed by atoms with E-state index >= 15 is 0 Å². The van der Waals surface area contributed by atoms with Crippen molar-refractivity contribution in [2.45, 2.75) is 12.5 Å². The highest BCUT2D eigenvalue weighted by Gasteiger charge is 2.33. The van der Waals surface area contributed by atoms with Crippen LogP contribution in [0.15, 0.2) is 59.2 Å². The van der Waals surface area contributed by atoms with Gasteiger partial charge < -0.3 is 15.4 Å². The standard InChI is InChI=1S/C20H17BrN4O3/c1-28-17-5-3-2-4-14(17)15-11-22-25-16(10-18(26)24-19(15)25)20(27)23-13-8-6-12(21)7-9-13/h2-9,11,16H,10H2,1H3,(H,23,27)(H,24,26)/t16-/m0/s1. The number of methoxy groups -OCH3 is 1. The molecule has 0 spiro atoms. The van der Waals surface area contributed by atoms with Crippen molar-refractivity contribution in [1.29, 1.82) is 0 Å². The summed E-state index contributed by atoms with van der Waals surface area (Å²) >= 11 is 3.36. The topological polar surface area (TPSA) is 85.2 Å². The third kappa shape index (κ3) is 3.38. The first-order chi connectivity index (χ1) is 13.6. The van der Waals surface area contributed by atoms with E-state index in [0.29, 0.717) is 22.8 Å². The van der Waals surface area contributed by atoms with Crippen LogP contribution >= 0.6 is 15.9 Å². The molecule has 3 aromatic rings. The molecule has 2 heterocycles. The Labute approximate surface area is 169 Å². The van der Waals surface area contributed by atoms with Gasteiger partial charge in [0.05, 0.1) is 19.7 Å². The van der Waals surface area contributed by atoms with Gasteiger partial charge >= 0.3 is 0 Å². The van der Waals surface area contributed by atoms with Crippen LogP contribution in [0.4, 0.5) is 11.5 Å². The number of carbonyl (C=O) groups excluding carboxylic acids is 2. The lowest BCUT2D eigenvalue weighted by Gasteiger charge is -2.24. The van der Waals surface area contributed by atoms with Gasteiger partial charge in [-0.15, -0.1) is 0 Å². The van der Waals surface area contributed by atoms with Gasteiger partial charge in [-0.25, -0.2) is 4.68 Å². The molecule has 0 radical (unpaired) electrons. The lowest BCUT2D eigenvalue weighted by Crippen LogP contribution is -2.35. The summed E-state index contributed by atoms with van der Waals surface area (Å²) in [6.07, 6.45) is 1.65. The van der Waals surface area contributed by atoms with Crippen molar-refractivity contribution in [3.05, 3.63) is 59.2 Å². The first-order valence-electron chi connectivity index (χ1n) is 8.64. The van der Waals surface area contributed by atoms with Gasteiger partial charge in [-0.2, -0.15) is 5.10 Å². The molecule has 0 unspecified atom stereocenters. The van der Waals surface area contributed by atoms with Crippen LogP contribution in [-0.2, 0) is 9.59 Å². The maximum Gasteiger partial charge on any atom is 0.249 e. The zero-order chi connectivity index (χ0) is 19.7. The van der Waals surface area contributed by atoms with Crippen LogP contribution in [0.2, 0.25) is 0 Å². The second-order valence-corrected chi connectivity index (χ2v) is 7.23. The van der Waals surface area contributed by atoms with Crippen molar-refractivity contribution in [2.75, 3.05) is 17.7 Å². The van der Waals surface area contributed by atoms with Crippen LogP contribution in [0.5, 0.6) is 5.75 Å². The molecule has 4 rings (SSSR count). The van der Waals surface area contributed by atoms with Crippen LogP contribution in [-0.4, -0.2) is 28.7 Å². The van der Waals surface area contributed by atoms with Crippen LogP contribution in [0.25, 0.3) is 11.1 Å². The zero-order valence-electron chi connectivity index (χ0n) is 15.0. The molecule has 0 saturated carbocycles. The normalized spacial score (nSPS) is 15.5. The number of hydrogen-bond acceptors (Lipinski definition) is 4. The van der Waals surface area contributed by atoms with E-state index in [1.54, 1.807) is 30.1 Å². The monoisotopic (exact) mass is 440 g/mol. The van der Waals surface area contributed by atoms with Gasteiger partial charge in [0.25, 0.3) is 0 Å². The molecule has 1 aliphatic heterocycles. The summed E-state index contributed by atoms with van der Waals surface area (Å²) in [5.74, 6) is 0.610. The second-order valence-electron chi connectivity index (χ2n) is 6.32.